The van der Waals surface area contributed by atoms with Gasteiger partial charge in [0.05, 0.1) is 0 Å². The first-order chi connectivity index (χ1) is 11.6. The van der Waals surface area contributed by atoms with Gasteiger partial charge in [-0.25, -0.2) is 0 Å². The highest BCUT2D eigenvalue weighted by atomic mass is 31.2. The van der Waals surface area contributed by atoms with Crippen LogP contribution in [0.2, 0.25) is 0 Å². The van der Waals surface area contributed by atoms with Crippen molar-refractivity contribution >= 4 is 27.0 Å². The van der Waals surface area contributed by atoms with Gasteiger partial charge in [-0.1, -0.05) is 73.3 Å². The van der Waals surface area contributed by atoms with Crippen LogP contribution >= 0.6 is 16.4 Å². The molecule has 2 atom stereocenters. The van der Waals surface area contributed by atoms with Crippen molar-refractivity contribution in [1.29, 1.82) is 0 Å². The molecule has 0 heterocycles. The van der Waals surface area contributed by atoms with Gasteiger partial charge in [-0.2, -0.15) is 0 Å². The number of benzene rings is 2. The van der Waals surface area contributed by atoms with Gasteiger partial charge in [0.2, 0.25) is 0 Å². The molecule has 1 aliphatic carbocycles. The molecule has 3 rings (SSSR count). The minimum Gasteiger partial charge on any atom is -0.313 e. The number of allylic oxidation sites excluding steroid dienone is 3. The van der Waals surface area contributed by atoms with Gasteiger partial charge in [0.25, 0.3) is 0 Å². The summed E-state index contributed by atoms with van der Waals surface area (Å²) in [5, 5.41) is 1.86. The Kier molecular flexibility index (Phi) is 5.54. The molecule has 0 radical (unpaired) electrons. The first-order valence-corrected chi connectivity index (χ1v) is 11.0. The summed E-state index contributed by atoms with van der Waals surface area (Å²) in [5.41, 5.74) is 2.94. The van der Waals surface area contributed by atoms with Gasteiger partial charge in [-0.15, -0.1) is 9.24 Å². The largest absolute Gasteiger partial charge is 0.313 e. The Morgan fingerprint density at radius 2 is 1.58 bits per heavy atom. The Bertz CT molecular complexity index is 735. The second-order valence-corrected chi connectivity index (χ2v) is 10.0. The molecule has 124 valence electrons. The Labute approximate surface area is 147 Å². The zero-order chi connectivity index (χ0) is 17.0. The fourth-order valence-corrected chi connectivity index (χ4v) is 6.21. The van der Waals surface area contributed by atoms with Crippen LogP contribution in [0, 0.1) is 0 Å². The summed E-state index contributed by atoms with van der Waals surface area (Å²) in [7, 11) is 0.225. The second-order valence-electron chi connectivity index (χ2n) is 6.35. The highest BCUT2D eigenvalue weighted by Gasteiger charge is 2.26. The fourth-order valence-electron chi connectivity index (χ4n) is 3.25. The molecule has 2 aromatic rings. The molecule has 0 saturated heterocycles. The van der Waals surface area contributed by atoms with E-state index < -0.39 is 7.14 Å². The van der Waals surface area contributed by atoms with Gasteiger partial charge in [0, 0.05) is 16.8 Å². The molecule has 0 aliphatic heterocycles. The first kappa shape index (κ1) is 17.4. The van der Waals surface area contributed by atoms with Crippen molar-refractivity contribution in [3.05, 3.63) is 84.5 Å². The molecule has 1 nitrogen and oxygen atoms in total. The molecule has 3 heteroatoms. The van der Waals surface area contributed by atoms with Crippen LogP contribution in [0.3, 0.4) is 0 Å². The molecule has 0 bridgehead atoms. The number of rotatable bonds is 4. The average Bonchev–Trinajstić information content (AvgIpc) is 2.64. The fraction of sp³-hybridized carbons (Fsp3) is 0.238. The van der Waals surface area contributed by atoms with Crippen molar-refractivity contribution in [2.45, 2.75) is 24.9 Å². The normalized spacial score (nSPS) is 20.3. The zero-order valence-corrected chi connectivity index (χ0v) is 15.9. The lowest BCUT2D eigenvalue weighted by Crippen LogP contribution is -2.18. The topological polar surface area (TPSA) is 17.1 Å². The number of hydrogen-bond acceptors (Lipinski definition) is 1. The molecular formula is C21H24OP2. The van der Waals surface area contributed by atoms with E-state index in [-0.39, 0.29) is 0 Å². The molecule has 2 aromatic carbocycles. The van der Waals surface area contributed by atoms with Crippen LogP contribution in [0.1, 0.15) is 19.3 Å². The van der Waals surface area contributed by atoms with Crippen molar-refractivity contribution in [3.8, 4) is 0 Å². The highest BCUT2D eigenvalue weighted by molar-refractivity contribution is 7.78. The van der Waals surface area contributed by atoms with Crippen molar-refractivity contribution in [1.82, 2.24) is 0 Å². The summed E-state index contributed by atoms with van der Waals surface area (Å²) in [6.45, 7) is 4.24. The highest BCUT2D eigenvalue weighted by Crippen LogP contribution is 2.44. The predicted octanol–water partition coefficient (Wildman–Crippen LogP) is 4.91. The lowest BCUT2D eigenvalue weighted by molar-refractivity contribution is 0.588. The van der Waals surface area contributed by atoms with Gasteiger partial charge in [0.1, 0.15) is 7.14 Å². The van der Waals surface area contributed by atoms with Crippen LogP contribution in [0.4, 0.5) is 0 Å². The molecule has 0 amide bonds. The standard InChI is InChI=1S/C21H24OP2/c1-17-18(9-8-14-21(17)23)15-16-24(22,19-10-4-2-5-11-19)20-12-6-3-7-13-20/h2-7,10-13,15,21H,1,8-9,14,16,23H2/b18-15-/t21-/m0/s1. The smallest absolute Gasteiger partial charge is 0.146 e. The van der Waals surface area contributed by atoms with Gasteiger partial charge in [-0.3, -0.25) is 0 Å². The van der Waals surface area contributed by atoms with Crippen molar-refractivity contribution in [2.75, 3.05) is 6.16 Å². The van der Waals surface area contributed by atoms with E-state index in [1.807, 2.05) is 60.7 Å². The van der Waals surface area contributed by atoms with E-state index in [9.17, 15) is 4.57 Å². The van der Waals surface area contributed by atoms with E-state index in [1.54, 1.807) is 0 Å². The van der Waals surface area contributed by atoms with Crippen LogP contribution < -0.4 is 10.6 Å². The summed E-state index contributed by atoms with van der Waals surface area (Å²) in [6.07, 6.45) is 6.15. The summed E-state index contributed by atoms with van der Waals surface area (Å²) in [5.74, 6) is 0. The third-order valence-corrected chi connectivity index (χ3v) is 8.46. The van der Waals surface area contributed by atoms with Crippen LogP contribution in [-0.4, -0.2) is 11.8 Å². The SMILES string of the molecule is C=C1/C(=C\CP(=O)(c2ccccc2)c2ccccc2)CCC[C@@H]1P. The summed E-state index contributed by atoms with van der Waals surface area (Å²) >= 11 is 0. The Morgan fingerprint density at radius 1 is 1.04 bits per heavy atom. The average molecular weight is 354 g/mol. The Morgan fingerprint density at radius 3 is 2.12 bits per heavy atom. The van der Waals surface area contributed by atoms with Crippen LogP contribution in [0.25, 0.3) is 0 Å². The van der Waals surface area contributed by atoms with Gasteiger partial charge >= 0.3 is 0 Å². The van der Waals surface area contributed by atoms with E-state index in [0.29, 0.717) is 11.8 Å². The maximum atomic E-state index is 14.0. The molecule has 0 aromatic heterocycles. The van der Waals surface area contributed by atoms with E-state index in [2.05, 4.69) is 21.9 Å². The van der Waals surface area contributed by atoms with Crippen molar-refractivity contribution < 1.29 is 4.57 Å². The molecule has 0 spiro atoms. The van der Waals surface area contributed by atoms with Crippen molar-refractivity contribution in [3.63, 3.8) is 0 Å². The van der Waals surface area contributed by atoms with E-state index in [1.165, 1.54) is 24.0 Å². The van der Waals surface area contributed by atoms with Crippen LogP contribution in [-0.2, 0) is 4.57 Å². The summed E-state index contributed by atoms with van der Waals surface area (Å²) in [6, 6.07) is 19.8. The molecule has 0 N–H and O–H groups in total. The van der Waals surface area contributed by atoms with Gasteiger partial charge in [-0.05, 0) is 36.1 Å². The lowest BCUT2D eigenvalue weighted by atomic mass is 9.90. The lowest BCUT2D eigenvalue weighted by Gasteiger charge is -2.25. The zero-order valence-electron chi connectivity index (χ0n) is 13.9. The number of hydrogen-bond donors (Lipinski definition) is 0. The van der Waals surface area contributed by atoms with E-state index in [4.69, 9.17) is 0 Å². The van der Waals surface area contributed by atoms with Crippen LogP contribution in [0.15, 0.2) is 84.5 Å². The third kappa shape index (κ3) is 3.64. The van der Waals surface area contributed by atoms with E-state index >= 15 is 0 Å². The van der Waals surface area contributed by atoms with E-state index in [0.717, 1.165) is 17.0 Å². The molecule has 1 fully saturated rings. The minimum atomic E-state index is -2.66. The molecule has 1 saturated carbocycles. The minimum absolute atomic E-state index is 0.456. The molecule has 1 unspecified atom stereocenters. The second kappa shape index (κ2) is 7.64. The first-order valence-electron chi connectivity index (χ1n) is 8.45. The maximum Gasteiger partial charge on any atom is 0.146 e. The third-order valence-electron chi connectivity index (χ3n) is 4.76. The van der Waals surface area contributed by atoms with Crippen molar-refractivity contribution in [2.24, 2.45) is 0 Å². The quantitative estimate of drug-likeness (QED) is 0.713. The summed E-state index contributed by atoms with van der Waals surface area (Å²) in [4.78, 5) is 0. The monoisotopic (exact) mass is 354 g/mol. The van der Waals surface area contributed by atoms with Gasteiger partial charge < -0.3 is 4.57 Å². The Balaban J connectivity index is 1.98. The molecule has 1 aliphatic rings. The predicted molar refractivity (Wildman–Crippen MR) is 109 cm³/mol. The maximum absolute atomic E-state index is 14.0. The summed E-state index contributed by atoms with van der Waals surface area (Å²) < 4.78 is 14.0. The van der Waals surface area contributed by atoms with Crippen LogP contribution in [0.5, 0.6) is 0 Å². The molecular weight excluding hydrogens is 330 g/mol. The molecule has 24 heavy (non-hydrogen) atoms. The van der Waals surface area contributed by atoms with Gasteiger partial charge in [0.15, 0.2) is 0 Å². The Hall–Kier alpha value is -1.42.